The average Bonchev–Trinajstić information content (AvgIpc) is 3.05. The van der Waals surface area contributed by atoms with E-state index in [0.29, 0.717) is 0 Å². The molecule has 14 heteroatoms. The highest BCUT2D eigenvalue weighted by atomic mass is 35.5. The summed E-state index contributed by atoms with van der Waals surface area (Å²) in [7, 11) is -3.43. The number of carbonyl (C=O) groups excluding carboxylic acids is 1. The van der Waals surface area contributed by atoms with Crippen LogP contribution in [0.3, 0.4) is 0 Å². The lowest BCUT2D eigenvalue weighted by Crippen LogP contribution is -2.38. The smallest absolute Gasteiger partial charge is 0.416 e. The van der Waals surface area contributed by atoms with Gasteiger partial charge in [0.1, 0.15) is 13.2 Å². The Kier molecular flexibility index (Phi) is 6.37. The van der Waals surface area contributed by atoms with Gasteiger partial charge >= 0.3 is 12.1 Å². The Labute approximate surface area is 178 Å². The molecule has 2 aliphatic rings. The lowest BCUT2D eigenvalue weighted by molar-refractivity contribution is -0.143. The Morgan fingerprint density at radius 2 is 2.00 bits per heavy atom. The molecule has 0 bridgehead atoms. The van der Waals surface area contributed by atoms with Crippen LogP contribution in [0, 0.1) is 0 Å². The van der Waals surface area contributed by atoms with E-state index < -0.39 is 58.0 Å². The van der Waals surface area contributed by atoms with Crippen molar-refractivity contribution in [3.63, 3.8) is 0 Å². The van der Waals surface area contributed by atoms with Crippen LogP contribution in [0.25, 0.3) is 0 Å². The topological polar surface area (TPSA) is 113 Å². The van der Waals surface area contributed by atoms with Crippen LogP contribution in [-0.4, -0.2) is 66.6 Å². The van der Waals surface area contributed by atoms with Gasteiger partial charge in [-0.1, -0.05) is 23.4 Å². The van der Waals surface area contributed by atoms with Gasteiger partial charge in [-0.15, -0.1) is 0 Å². The van der Waals surface area contributed by atoms with Crippen molar-refractivity contribution >= 4 is 55.9 Å². The van der Waals surface area contributed by atoms with Crippen LogP contribution in [0.4, 0.5) is 18.9 Å². The van der Waals surface area contributed by atoms with Crippen molar-refractivity contribution in [1.29, 1.82) is 0 Å². The lowest BCUT2D eigenvalue weighted by atomic mass is 10.1. The molecular weight excluding hydrogens is 473 g/mol. The number of halogens is 4. The highest BCUT2D eigenvalue weighted by molar-refractivity contribution is 8.16. The molecule has 3 rings (SSSR count). The van der Waals surface area contributed by atoms with Gasteiger partial charge in [0.25, 0.3) is 5.91 Å². The van der Waals surface area contributed by atoms with Crippen LogP contribution in [0.1, 0.15) is 5.56 Å². The number of carboxylic acid groups (broad SMARTS) is 1. The number of anilines is 1. The number of rotatable bonds is 5. The number of benzene rings is 1. The Hall–Kier alpha value is -1.83. The fourth-order valence-electron chi connectivity index (χ4n) is 3.08. The molecule has 2 aliphatic heterocycles. The Balaban J connectivity index is 1.97. The molecule has 0 aliphatic carbocycles. The number of amidine groups is 1. The van der Waals surface area contributed by atoms with Gasteiger partial charge in [-0.2, -0.15) is 18.2 Å². The van der Waals surface area contributed by atoms with Gasteiger partial charge in [0.2, 0.25) is 0 Å². The van der Waals surface area contributed by atoms with Crippen LogP contribution < -0.4 is 4.90 Å². The van der Waals surface area contributed by atoms with Gasteiger partial charge in [-0.05, 0) is 18.2 Å². The van der Waals surface area contributed by atoms with Gasteiger partial charge < -0.3 is 14.7 Å². The fourth-order valence-corrected chi connectivity index (χ4v) is 7.22. The van der Waals surface area contributed by atoms with E-state index in [-0.39, 0.29) is 27.4 Å². The SMILES string of the molecule is O=C(O)COCC(=O)N=C1S[C@@H]2CS(=O)(=O)C[C@H]2N1c1cc(C(F)(F)F)ccc1Cl. The predicted molar refractivity (Wildman–Crippen MR) is 104 cm³/mol. The largest absolute Gasteiger partial charge is 0.480 e. The zero-order chi connectivity index (χ0) is 22.3. The highest BCUT2D eigenvalue weighted by Gasteiger charge is 2.50. The molecule has 2 atom stereocenters. The van der Waals surface area contributed by atoms with Crippen LogP contribution in [0.15, 0.2) is 23.2 Å². The molecule has 0 saturated carbocycles. The number of hydrogen-bond donors (Lipinski definition) is 1. The number of hydrogen-bond acceptors (Lipinski definition) is 6. The van der Waals surface area contributed by atoms with E-state index in [4.69, 9.17) is 16.7 Å². The summed E-state index contributed by atoms with van der Waals surface area (Å²) in [6.07, 6.45) is -4.66. The van der Waals surface area contributed by atoms with Crippen molar-refractivity contribution in [2.75, 3.05) is 29.6 Å². The van der Waals surface area contributed by atoms with E-state index in [1.165, 1.54) is 4.90 Å². The molecule has 164 valence electrons. The van der Waals surface area contributed by atoms with Gasteiger partial charge in [0.05, 0.1) is 33.8 Å². The van der Waals surface area contributed by atoms with E-state index >= 15 is 0 Å². The number of carbonyl (C=O) groups is 2. The third-order valence-corrected chi connectivity index (χ3v) is 7.80. The zero-order valence-electron chi connectivity index (χ0n) is 14.9. The van der Waals surface area contributed by atoms with Crippen LogP contribution in [-0.2, 0) is 30.3 Å². The molecular formula is C16H14ClF3N2O6S2. The molecule has 1 aromatic carbocycles. The van der Waals surface area contributed by atoms with Crippen molar-refractivity contribution in [3.8, 4) is 0 Å². The summed E-state index contributed by atoms with van der Waals surface area (Å²) < 4.78 is 68.3. The summed E-state index contributed by atoms with van der Waals surface area (Å²) in [4.78, 5) is 27.5. The molecule has 2 fully saturated rings. The second-order valence-electron chi connectivity index (χ2n) is 6.51. The lowest BCUT2D eigenvalue weighted by Gasteiger charge is -2.26. The Morgan fingerprint density at radius 1 is 1.30 bits per heavy atom. The molecule has 30 heavy (non-hydrogen) atoms. The van der Waals surface area contributed by atoms with Crippen LogP contribution >= 0.6 is 23.4 Å². The summed E-state index contributed by atoms with van der Waals surface area (Å²) in [5, 5.41) is 7.89. The first-order valence-corrected chi connectivity index (χ1v) is 11.4. The number of nitrogens with zero attached hydrogens (tertiary/aromatic N) is 2. The molecule has 0 unspecified atom stereocenters. The first kappa shape index (κ1) is 22.8. The maximum atomic E-state index is 13.2. The van der Waals surface area contributed by atoms with E-state index in [9.17, 15) is 31.2 Å². The molecule has 2 heterocycles. The normalized spacial score (nSPS) is 24.3. The van der Waals surface area contributed by atoms with Gasteiger partial charge in [-0.3, -0.25) is 4.79 Å². The fraction of sp³-hybridized carbons (Fsp3) is 0.438. The minimum atomic E-state index is -4.66. The predicted octanol–water partition coefficient (Wildman–Crippen LogP) is 2.06. The second kappa shape index (κ2) is 8.36. The second-order valence-corrected chi connectivity index (χ2v) is 10.3. The summed E-state index contributed by atoms with van der Waals surface area (Å²) in [6, 6.07) is 1.85. The highest BCUT2D eigenvalue weighted by Crippen LogP contribution is 2.44. The molecule has 8 nitrogen and oxygen atoms in total. The van der Waals surface area contributed by atoms with E-state index in [2.05, 4.69) is 9.73 Å². The van der Waals surface area contributed by atoms with E-state index in [1.54, 1.807) is 0 Å². The van der Waals surface area contributed by atoms with Crippen molar-refractivity contribution < 1.29 is 41.0 Å². The van der Waals surface area contributed by atoms with E-state index in [1.807, 2.05) is 0 Å². The average molecular weight is 487 g/mol. The van der Waals surface area contributed by atoms with Crippen molar-refractivity contribution in [3.05, 3.63) is 28.8 Å². The molecule has 0 spiro atoms. The number of sulfone groups is 1. The number of fused-ring (bicyclic) bond motifs is 1. The van der Waals surface area contributed by atoms with Crippen LogP contribution in [0.5, 0.6) is 0 Å². The number of thioether (sulfide) groups is 1. The number of amides is 1. The molecule has 1 aromatic rings. The number of aliphatic imine (C=N–C) groups is 1. The molecule has 0 aromatic heterocycles. The number of alkyl halides is 3. The van der Waals surface area contributed by atoms with Crippen molar-refractivity contribution in [1.82, 2.24) is 0 Å². The van der Waals surface area contributed by atoms with Gasteiger partial charge in [0, 0.05) is 5.25 Å². The minimum Gasteiger partial charge on any atom is -0.480 e. The first-order chi connectivity index (χ1) is 13.9. The monoisotopic (exact) mass is 486 g/mol. The Bertz CT molecular complexity index is 1010. The summed E-state index contributed by atoms with van der Waals surface area (Å²) >= 11 is 7.05. The quantitative estimate of drug-likeness (QED) is 0.673. The first-order valence-electron chi connectivity index (χ1n) is 8.31. The van der Waals surface area contributed by atoms with E-state index in [0.717, 1.165) is 30.0 Å². The number of ether oxygens (including phenoxy) is 1. The van der Waals surface area contributed by atoms with Crippen molar-refractivity contribution in [2.24, 2.45) is 4.99 Å². The summed E-state index contributed by atoms with van der Waals surface area (Å²) in [5.41, 5.74) is -1.12. The van der Waals surface area contributed by atoms with Crippen molar-refractivity contribution in [2.45, 2.75) is 17.5 Å². The minimum absolute atomic E-state index is 0.0231. The maximum Gasteiger partial charge on any atom is 0.416 e. The molecule has 1 N–H and O–H groups in total. The third kappa shape index (κ3) is 5.07. The molecule has 0 radical (unpaired) electrons. The molecule has 2 saturated heterocycles. The zero-order valence-corrected chi connectivity index (χ0v) is 17.3. The maximum absolute atomic E-state index is 13.2. The Morgan fingerprint density at radius 3 is 2.63 bits per heavy atom. The summed E-state index contributed by atoms with van der Waals surface area (Å²) in [6.45, 7) is -1.38. The standard InChI is InChI=1S/C16H14ClF3N2O6S2/c17-9-2-1-8(16(18,19)20)3-10(9)22-11-6-30(26,27)7-12(11)29-15(22)21-13(23)4-28-5-14(24)25/h1-3,11-12H,4-7H2,(H,24,25)/t11-,12-/m1/s1. The van der Waals surface area contributed by atoms with Gasteiger partial charge in [-0.25, -0.2) is 13.2 Å². The number of carboxylic acids is 1. The van der Waals surface area contributed by atoms with Crippen LogP contribution in [0.2, 0.25) is 5.02 Å². The molecule has 1 amide bonds. The summed E-state index contributed by atoms with van der Waals surface area (Å²) in [5.74, 6) is -2.71. The van der Waals surface area contributed by atoms with Gasteiger partial charge in [0.15, 0.2) is 15.0 Å². The third-order valence-electron chi connectivity index (χ3n) is 4.27. The number of aliphatic carboxylic acids is 1.